The van der Waals surface area contributed by atoms with Crippen LogP contribution >= 0.6 is 11.6 Å². The number of fused-ring (bicyclic) bond motifs is 1. The van der Waals surface area contributed by atoms with E-state index in [2.05, 4.69) is 15.5 Å². The number of anilines is 1. The van der Waals surface area contributed by atoms with Crippen molar-refractivity contribution in [3.05, 3.63) is 107 Å². The standard InChI is InChI=1S/C27H21ClN4O2/c1-17-6-5-9-23-25(17)21(16-32(23)15-18-10-12-20(28)13-11-18)26(33)27(34)29-24-14-22(30-31-24)19-7-3-2-4-8-19/h2-14,16H,15H2,1H3,(H2,29,30,31,34). The van der Waals surface area contributed by atoms with Crippen LogP contribution in [0.25, 0.3) is 22.2 Å². The molecule has 0 spiro atoms. The lowest BCUT2D eigenvalue weighted by molar-refractivity contribution is -0.112. The predicted octanol–water partition coefficient (Wildman–Crippen LogP) is 5.86. The number of hydrogen-bond acceptors (Lipinski definition) is 3. The maximum absolute atomic E-state index is 13.2. The molecule has 7 heteroatoms. The van der Waals surface area contributed by atoms with Gasteiger partial charge in [-0.25, -0.2) is 0 Å². The minimum atomic E-state index is -0.736. The Morgan fingerprint density at radius 1 is 1.00 bits per heavy atom. The first-order valence-electron chi connectivity index (χ1n) is 10.8. The number of amides is 1. The number of aromatic amines is 1. The van der Waals surface area contributed by atoms with Crippen LogP contribution in [0, 0.1) is 6.92 Å². The normalized spacial score (nSPS) is 11.0. The Balaban J connectivity index is 1.43. The first-order chi connectivity index (χ1) is 16.5. The average Bonchev–Trinajstić information content (AvgIpc) is 3.46. The zero-order valence-corrected chi connectivity index (χ0v) is 19.1. The van der Waals surface area contributed by atoms with Crippen LogP contribution in [-0.2, 0) is 11.3 Å². The lowest BCUT2D eigenvalue weighted by atomic mass is 10.0. The quantitative estimate of drug-likeness (QED) is 0.242. The van der Waals surface area contributed by atoms with Gasteiger partial charge in [-0.15, -0.1) is 0 Å². The Kier molecular flexibility index (Phi) is 5.74. The molecule has 0 fully saturated rings. The molecule has 2 heterocycles. The van der Waals surface area contributed by atoms with Gasteiger partial charge < -0.3 is 9.88 Å². The van der Waals surface area contributed by atoms with Crippen LogP contribution in [0.15, 0.2) is 85.1 Å². The number of nitrogens with zero attached hydrogens (tertiary/aromatic N) is 2. The van der Waals surface area contributed by atoms with Crippen LogP contribution < -0.4 is 5.32 Å². The molecule has 1 amide bonds. The molecule has 2 aromatic heterocycles. The van der Waals surface area contributed by atoms with Crippen molar-refractivity contribution in [1.29, 1.82) is 0 Å². The summed E-state index contributed by atoms with van der Waals surface area (Å²) in [5, 5.41) is 11.1. The summed E-state index contributed by atoms with van der Waals surface area (Å²) >= 11 is 6.01. The minimum absolute atomic E-state index is 0.291. The number of halogens is 1. The Hall–Kier alpha value is -4.16. The smallest absolute Gasteiger partial charge is 0.298 e. The van der Waals surface area contributed by atoms with Crippen LogP contribution in [0.2, 0.25) is 5.02 Å². The van der Waals surface area contributed by atoms with Gasteiger partial charge in [-0.1, -0.05) is 66.2 Å². The number of carbonyl (C=O) groups excluding carboxylic acids is 2. The van der Waals surface area contributed by atoms with Gasteiger partial charge in [0.1, 0.15) is 0 Å². The molecule has 5 aromatic rings. The fourth-order valence-corrected chi connectivity index (χ4v) is 4.19. The summed E-state index contributed by atoms with van der Waals surface area (Å²) in [5.41, 5.74) is 4.89. The maximum atomic E-state index is 13.2. The Labute approximate surface area is 201 Å². The number of rotatable bonds is 6. The van der Waals surface area contributed by atoms with E-state index in [1.54, 1.807) is 12.3 Å². The second kappa shape index (κ2) is 9.00. The Morgan fingerprint density at radius 3 is 2.53 bits per heavy atom. The molecule has 0 unspecified atom stereocenters. The zero-order valence-electron chi connectivity index (χ0n) is 18.4. The number of aromatic nitrogens is 3. The third kappa shape index (κ3) is 4.23. The van der Waals surface area contributed by atoms with Gasteiger partial charge in [0.05, 0.1) is 11.3 Å². The molecule has 0 saturated carbocycles. The van der Waals surface area contributed by atoms with Crippen LogP contribution in [0.1, 0.15) is 21.5 Å². The molecule has 0 aliphatic rings. The monoisotopic (exact) mass is 468 g/mol. The van der Waals surface area contributed by atoms with Crippen molar-refractivity contribution in [2.75, 3.05) is 5.32 Å². The molecular weight excluding hydrogens is 448 g/mol. The molecule has 0 aliphatic carbocycles. The van der Waals surface area contributed by atoms with Crippen molar-refractivity contribution in [1.82, 2.24) is 14.8 Å². The van der Waals surface area contributed by atoms with E-state index in [-0.39, 0.29) is 0 Å². The third-order valence-electron chi connectivity index (χ3n) is 5.74. The van der Waals surface area contributed by atoms with Crippen molar-refractivity contribution in [2.45, 2.75) is 13.5 Å². The largest absolute Gasteiger partial charge is 0.342 e. The van der Waals surface area contributed by atoms with Crippen molar-refractivity contribution < 1.29 is 9.59 Å². The SMILES string of the molecule is Cc1cccc2c1c(C(=O)C(=O)Nc1cc(-c3ccccc3)[nH]n1)cn2Cc1ccc(Cl)cc1. The van der Waals surface area contributed by atoms with Gasteiger partial charge >= 0.3 is 0 Å². The molecule has 2 N–H and O–H groups in total. The molecule has 3 aromatic carbocycles. The summed E-state index contributed by atoms with van der Waals surface area (Å²) in [7, 11) is 0. The molecule has 34 heavy (non-hydrogen) atoms. The number of carbonyl (C=O) groups is 2. The van der Waals surface area contributed by atoms with E-state index in [1.807, 2.05) is 84.3 Å². The second-order valence-corrected chi connectivity index (χ2v) is 8.52. The Bertz CT molecular complexity index is 1500. The van der Waals surface area contributed by atoms with Crippen LogP contribution in [0.5, 0.6) is 0 Å². The van der Waals surface area contributed by atoms with E-state index in [0.717, 1.165) is 33.3 Å². The first kappa shape index (κ1) is 21.7. The average molecular weight is 469 g/mol. The highest BCUT2D eigenvalue weighted by Crippen LogP contribution is 2.27. The molecule has 6 nitrogen and oxygen atoms in total. The van der Waals surface area contributed by atoms with Gasteiger partial charge in [-0.05, 0) is 41.8 Å². The number of Topliss-reactive ketones (excluding diaryl/α,β-unsaturated/α-hetero) is 1. The highest BCUT2D eigenvalue weighted by Gasteiger charge is 2.23. The van der Waals surface area contributed by atoms with Crippen molar-refractivity contribution in [2.24, 2.45) is 0 Å². The molecule has 5 rings (SSSR count). The molecular formula is C27H21ClN4O2. The molecule has 0 radical (unpaired) electrons. The van der Waals surface area contributed by atoms with E-state index in [1.165, 1.54) is 0 Å². The summed E-state index contributed by atoms with van der Waals surface area (Å²) in [6.07, 6.45) is 1.74. The number of benzene rings is 3. The fourth-order valence-electron chi connectivity index (χ4n) is 4.07. The number of nitrogens with one attached hydrogen (secondary N) is 2. The lowest BCUT2D eigenvalue weighted by Crippen LogP contribution is -2.23. The van der Waals surface area contributed by atoms with Crippen LogP contribution in [-0.4, -0.2) is 26.5 Å². The van der Waals surface area contributed by atoms with E-state index in [4.69, 9.17) is 11.6 Å². The molecule has 0 saturated heterocycles. The Morgan fingerprint density at radius 2 is 1.76 bits per heavy atom. The zero-order chi connectivity index (χ0) is 23.7. The van der Waals surface area contributed by atoms with Gasteiger partial charge in [0.2, 0.25) is 0 Å². The van der Waals surface area contributed by atoms with E-state index >= 15 is 0 Å². The van der Waals surface area contributed by atoms with Crippen LogP contribution in [0.3, 0.4) is 0 Å². The highest BCUT2D eigenvalue weighted by molar-refractivity contribution is 6.48. The molecule has 168 valence electrons. The van der Waals surface area contributed by atoms with E-state index in [0.29, 0.717) is 22.9 Å². The first-order valence-corrected chi connectivity index (χ1v) is 11.2. The van der Waals surface area contributed by atoms with Crippen molar-refractivity contribution in [3.8, 4) is 11.3 Å². The van der Waals surface area contributed by atoms with Gasteiger partial charge in [-0.2, -0.15) is 5.10 Å². The molecule has 0 aliphatic heterocycles. The highest BCUT2D eigenvalue weighted by atomic mass is 35.5. The number of ketones is 1. The summed E-state index contributed by atoms with van der Waals surface area (Å²) < 4.78 is 1.98. The number of H-pyrrole nitrogens is 1. The molecule has 0 bridgehead atoms. The second-order valence-electron chi connectivity index (χ2n) is 8.08. The van der Waals surface area contributed by atoms with Gasteiger partial charge in [0, 0.05) is 34.7 Å². The summed E-state index contributed by atoms with van der Waals surface area (Å²) in [4.78, 5) is 26.1. The summed E-state index contributed by atoms with van der Waals surface area (Å²) in [5.74, 6) is -1.06. The van der Waals surface area contributed by atoms with Gasteiger partial charge in [0.15, 0.2) is 5.82 Å². The number of hydrogen-bond donors (Lipinski definition) is 2. The summed E-state index contributed by atoms with van der Waals surface area (Å²) in [6, 6.07) is 24.7. The fraction of sp³-hybridized carbons (Fsp3) is 0.0741. The molecule has 0 atom stereocenters. The van der Waals surface area contributed by atoms with E-state index in [9.17, 15) is 9.59 Å². The predicted molar refractivity (Wildman–Crippen MR) is 134 cm³/mol. The minimum Gasteiger partial charge on any atom is -0.342 e. The summed E-state index contributed by atoms with van der Waals surface area (Å²) in [6.45, 7) is 2.48. The van der Waals surface area contributed by atoms with Gasteiger partial charge in [0.25, 0.3) is 11.7 Å². The maximum Gasteiger partial charge on any atom is 0.298 e. The third-order valence-corrected chi connectivity index (χ3v) is 5.99. The van der Waals surface area contributed by atoms with Gasteiger partial charge in [-0.3, -0.25) is 14.7 Å². The number of aryl methyl sites for hydroxylation is 1. The van der Waals surface area contributed by atoms with Crippen molar-refractivity contribution >= 4 is 40.0 Å². The topological polar surface area (TPSA) is 79.8 Å². The van der Waals surface area contributed by atoms with Crippen molar-refractivity contribution in [3.63, 3.8) is 0 Å². The van der Waals surface area contributed by atoms with Crippen LogP contribution in [0.4, 0.5) is 5.82 Å². The van der Waals surface area contributed by atoms with E-state index < -0.39 is 11.7 Å². The lowest BCUT2D eigenvalue weighted by Gasteiger charge is -2.06.